The summed E-state index contributed by atoms with van der Waals surface area (Å²) in [7, 11) is 0. The molecule has 136 valence electrons. The van der Waals surface area contributed by atoms with Gasteiger partial charge in [0.15, 0.2) is 0 Å². The van der Waals surface area contributed by atoms with Crippen LogP contribution in [0.2, 0.25) is 0 Å². The second-order valence-corrected chi connectivity index (χ2v) is 8.96. The molecule has 1 amide bonds. The molecule has 2 saturated carbocycles. The van der Waals surface area contributed by atoms with E-state index in [1.807, 2.05) is 0 Å². The van der Waals surface area contributed by atoms with E-state index in [4.69, 9.17) is 0 Å². The molecule has 2 saturated heterocycles. The highest BCUT2D eigenvalue weighted by molar-refractivity contribution is 5.79. The van der Waals surface area contributed by atoms with Gasteiger partial charge in [-0.3, -0.25) is 14.4 Å². The molecule has 5 rings (SSSR count). The van der Waals surface area contributed by atoms with Crippen LogP contribution in [-0.4, -0.2) is 58.2 Å². The number of amides is 1. The highest BCUT2D eigenvalue weighted by atomic mass is 16.2. The fourth-order valence-corrected chi connectivity index (χ4v) is 5.69. The number of nitrogens with zero attached hydrogens (tertiary/aromatic N) is 4. The largest absolute Gasteiger partial charge is 0.342 e. The van der Waals surface area contributed by atoms with Crippen LogP contribution in [0.1, 0.15) is 43.1 Å². The van der Waals surface area contributed by atoms with E-state index in [2.05, 4.69) is 39.5 Å². The molecule has 1 unspecified atom stereocenters. The smallest absolute Gasteiger partial charge is 0.225 e. The summed E-state index contributed by atoms with van der Waals surface area (Å²) in [6.07, 6.45) is 4.78. The number of aromatic nitrogens is 2. The second kappa shape index (κ2) is 5.83. The van der Waals surface area contributed by atoms with Crippen molar-refractivity contribution < 1.29 is 4.79 Å². The van der Waals surface area contributed by atoms with Gasteiger partial charge in [0.1, 0.15) is 0 Å². The van der Waals surface area contributed by atoms with Crippen molar-refractivity contribution in [3.63, 3.8) is 0 Å². The van der Waals surface area contributed by atoms with Crippen molar-refractivity contribution in [2.75, 3.05) is 32.7 Å². The van der Waals surface area contributed by atoms with Gasteiger partial charge in [0.2, 0.25) is 5.91 Å². The van der Waals surface area contributed by atoms with Crippen LogP contribution in [0.3, 0.4) is 0 Å². The highest BCUT2D eigenvalue weighted by Crippen LogP contribution is 2.53. The van der Waals surface area contributed by atoms with Crippen molar-refractivity contribution in [2.24, 2.45) is 23.7 Å². The Morgan fingerprint density at radius 2 is 1.80 bits per heavy atom. The molecule has 1 aromatic rings. The summed E-state index contributed by atoms with van der Waals surface area (Å²) < 4.78 is 2.21. The lowest BCUT2D eigenvalue weighted by molar-refractivity contribution is -0.135. The number of carbonyl (C=O) groups is 1. The van der Waals surface area contributed by atoms with E-state index in [9.17, 15) is 4.79 Å². The summed E-state index contributed by atoms with van der Waals surface area (Å²) in [5.74, 6) is 3.25. The van der Waals surface area contributed by atoms with E-state index in [0.717, 1.165) is 62.5 Å². The molecule has 3 atom stereocenters. The molecule has 3 heterocycles. The molecule has 0 aromatic carbocycles. The average molecular weight is 342 g/mol. The number of piperidine rings is 1. The second-order valence-electron chi connectivity index (χ2n) is 8.96. The number of hydrogen-bond acceptors (Lipinski definition) is 3. The maximum atomic E-state index is 12.5. The molecule has 1 aromatic heterocycles. The normalized spacial score (nSPS) is 32.9. The number of aryl methyl sites for hydroxylation is 2. The summed E-state index contributed by atoms with van der Waals surface area (Å²) in [4.78, 5) is 17.3. The van der Waals surface area contributed by atoms with Gasteiger partial charge in [0.25, 0.3) is 0 Å². The van der Waals surface area contributed by atoms with Gasteiger partial charge in [-0.25, -0.2) is 0 Å². The summed E-state index contributed by atoms with van der Waals surface area (Å²) in [6, 6.07) is 2.73. The minimum absolute atomic E-state index is 0.354. The SMILES string of the molecule is Cc1cc(C)n(C2CN(CC3[C@H]4CN(C(=O)C5CCCC5)C[C@@H]34)C2)n1. The van der Waals surface area contributed by atoms with Crippen LogP contribution in [0.15, 0.2) is 6.07 Å². The van der Waals surface area contributed by atoms with E-state index in [1.54, 1.807) is 0 Å². The third kappa shape index (κ3) is 2.71. The maximum absolute atomic E-state index is 12.5. The Labute approximate surface area is 150 Å². The quantitative estimate of drug-likeness (QED) is 0.843. The predicted molar refractivity (Wildman–Crippen MR) is 96.2 cm³/mol. The highest BCUT2D eigenvalue weighted by Gasteiger charge is 2.57. The predicted octanol–water partition coefficient (Wildman–Crippen LogP) is 2.25. The molecule has 2 aliphatic carbocycles. The molecule has 0 N–H and O–H groups in total. The van der Waals surface area contributed by atoms with Crippen molar-refractivity contribution in [2.45, 2.75) is 45.6 Å². The van der Waals surface area contributed by atoms with Crippen molar-refractivity contribution in [1.29, 1.82) is 0 Å². The van der Waals surface area contributed by atoms with E-state index < -0.39 is 0 Å². The van der Waals surface area contributed by atoms with E-state index >= 15 is 0 Å². The third-order valence-electron chi connectivity index (χ3n) is 7.18. The third-order valence-corrected chi connectivity index (χ3v) is 7.18. The Morgan fingerprint density at radius 1 is 1.12 bits per heavy atom. The van der Waals surface area contributed by atoms with Crippen LogP contribution in [0.25, 0.3) is 0 Å². The van der Waals surface area contributed by atoms with Gasteiger partial charge in [-0.05, 0) is 50.5 Å². The van der Waals surface area contributed by atoms with Crippen LogP contribution in [0.5, 0.6) is 0 Å². The summed E-state index contributed by atoms with van der Waals surface area (Å²) in [5, 5.41) is 4.63. The molecular weight excluding hydrogens is 312 g/mol. The molecule has 2 aliphatic heterocycles. The first kappa shape index (κ1) is 15.9. The minimum Gasteiger partial charge on any atom is -0.342 e. The molecular formula is C20H30N4O. The van der Waals surface area contributed by atoms with Crippen molar-refractivity contribution in [3.8, 4) is 0 Å². The van der Waals surface area contributed by atoms with Gasteiger partial charge in [0, 0.05) is 44.3 Å². The summed E-state index contributed by atoms with van der Waals surface area (Å²) in [5.41, 5.74) is 2.41. The Hall–Kier alpha value is -1.36. The van der Waals surface area contributed by atoms with Crippen LogP contribution in [0.4, 0.5) is 0 Å². The molecule has 4 fully saturated rings. The van der Waals surface area contributed by atoms with Crippen molar-refractivity contribution >= 4 is 5.91 Å². The number of likely N-dealkylation sites (tertiary alicyclic amines) is 2. The fraction of sp³-hybridized carbons (Fsp3) is 0.800. The van der Waals surface area contributed by atoms with E-state index in [-0.39, 0.29) is 0 Å². The zero-order valence-corrected chi connectivity index (χ0v) is 15.5. The topological polar surface area (TPSA) is 41.4 Å². The average Bonchev–Trinajstić information content (AvgIpc) is 3.05. The molecule has 25 heavy (non-hydrogen) atoms. The molecule has 5 heteroatoms. The molecule has 5 nitrogen and oxygen atoms in total. The zero-order valence-electron chi connectivity index (χ0n) is 15.5. The monoisotopic (exact) mass is 342 g/mol. The van der Waals surface area contributed by atoms with E-state index in [0.29, 0.717) is 17.9 Å². The maximum Gasteiger partial charge on any atom is 0.225 e. The Kier molecular flexibility index (Phi) is 3.70. The lowest BCUT2D eigenvalue weighted by Gasteiger charge is -2.40. The lowest BCUT2D eigenvalue weighted by atomic mass is 10.1. The lowest BCUT2D eigenvalue weighted by Crippen LogP contribution is -2.49. The molecule has 4 aliphatic rings. The van der Waals surface area contributed by atoms with Crippen LogP contribution >= 0.6 is 0 Å². The Morgan fingerprint density at radius 3 is 2.40 bits per heavy atom. The minimum atomic E-state index is 0.354. The van der Waals surface area contributed by atoms with Crippen LogP contribution in [0, 0.1) is 37.5 Å². The molecule has 0 spiro atoms. The Bertz CT molecular complexity index is 659. The van der Waals surface area contributed by atoms with Gasteiger partial charge < -0.3 is 4.90 Å². The van der Waals surface area contributed by atoms with Crippen LogP contribution in [-0.2, 0) is 4.79 Å². The first-order valence-corrected chi connectivity index (χ1v) is 10.1. The van der Waals surface area contributed by atoms with Crippen molar-refractivity contribution in [3.05, 3.63) is 17.5 Å². The molecule has 0 bridgehead atoms. The van der Waals surface area contributed by atoms with Crippen molar-refractivity contribution in [1.82, 2.24) is 19.6 Å². The van der Waals surface area contributed by atoms with Gasteiger partial charge in [0.05, 0.1) is 11.7 Å². The first-order chi connectivity index (χ1) is 12.1. The fourth-order valence-electron chi connectivity index (χ4n) is 5.69. The van der Waals surface area contributed by atoms with Gasteiger partial charge in [-0.2, -0.15) is 5.10 Å². The number of fused-ring (bicyclic) bond motifs is 1. The summed E-state index contributed by atoms with van der Waals surface area (Å²) in [6.45, 7) is 9.83. The molecule has 0 radical (unpaired) electrons. The van der Waals surface area contributed by atoms with Gasteiger partial charge in [-0.15, -0.1) is 0 Å². The van der Waals surface area contributed by atoms with Gasteiger partial charge in [-0.1, -0.05) is 12.8 Å². The Balaban J connectivity index is 1.08. The standard InChI is InChI=1S/C20H30N4O/c1-13-7-14(2)24(21-13)16-8-22(9-16)10-17-18-11-23(12-19(17)18)20(25)15-5-3-4-6-15/h7,15-19H,3-6,8-12H2,1-2H3/t17?,18-,19+. The number of rotatable bonds is 4. The van der Waals surface area contributed by atoms with Gasteiger partial charge >= 0.3 is 0 Å². The zero-order chi connectivity index (χ0) is 17.1. The number of carbonyl (C=O) groups excluding carboxylic acids is 1. The number of hydrogen-bond donors (Lipinski definition) is 0. The first-order valence-electron chi connectivity index (χ1n) is 10.1. The summed E-state index contributed by atoms with van der Waals surface area (Å²) >= 11 is 0. The van der Waals surface area contributed by atoms with Crippen LogP contribution < -0.4 is 0 Å². The van der Waals surface area contributed by atoms with E-state index in [1.165, 1.54) is 25.1 Å².